The average Bonchev–Trinajstić information content (AvgIpc) is 2.39. The molecule has 0 fully saturated rings. The van der Waals surface area contributed by atoms with E-state index < -0.39 is 22.3 Å². The third kappa shape index (κ3) is 3.26. The normalized spacial score (nSPS) is 10.2. The number of phenolic OH excluding ortho intramolecular Hbond substituents is 1. The number of nitrogens with one attached hydrogen (secondary N) is 1. The van der Waals surface area contributed by atoms with Crippen LogP contribution in [0.2, 0.25) is 5.02 Å². The molecule has 0 spiro atoms. The van der Waals surface area contributed by atoms with Gasteiger partial charge in [0.2, 0.25) is 0 Å². The molecule has 2 rings (SSSR count). The van der Waals surface area contributed by atoms with E-state index in [1.165, 1.54) is 30.5 Å². The third-order valence-electron chi connectivity index (χ3n) is 2.63. The van der Waals surface area contributed by atoms with Gasteiger partial charge in [-0.3, -0.25) is 14.9 Å². The van der Waals surface area contributed by atoms with Crippen molar-refractivity contribution < 1.29 is 14.8 Å². The van der Waals surface area contributed by atoms with E-state index >= 15 is 0 Å². The fraction of sp³-hybridized carbons (Fsp3) is 0.0769. The molecule has 108 valence electrons. The monoisotopic (exact) mass is 307 g/mol. The van der Waals surface area contributed by atoms with Gasteiger partial charge < -0.3 is 10.4 Å². The van der Waals surface area contributed by atoms with E-state index in [1.807, 2.05) is 0 Å². The molecule has 0 aliphatic rings. The van der Waals surface area contributed by atoms with Crippen molar-refractivity contribution in [1.82, 2.24) is 4.98 Å². The van der Waals surface area contributed by atoms with Crippen LogP contribution in [-0.4, -0.2) is 20.9 Å². The van der Waals surface area contributed by atoms with Crippen molar-refractivity contribution in [2.45, 2.75) is 6.92 Å². The SMILES string of the molecule is Cc1cc(O)c([N+](=O)[O-])c(C(=O)Nc2ccc(Cl)cn2)c1. The van der Waals surface area contributed by atoms with Gasteiger partial charge in [0, 0.05) is 6.20 Å². The van der Waals surface area contributed by atoms with E-state index in [1.54, 1.807) is 6.92 Å². The smallest absolute Gasteiger partial charge is 0.323 e. The molecular weight excluding hydrogens is 298 g/mol. The molecule has 7 nitrogen and oxygen atoms in total. The molecule has 1 heterocycles. The van der Waals surface area contributed by atoms with Crippen molar-refractivity contribution in [2.24, 2.45) is 0 Å². The first-order valence-electron chi connectivity index (χ1n) is 5.79. The summed E-state index contributed by atoms with van der Waals surface area (Å²) in [5.41, 5.74) is -0.367. The predicted molar refractivity (Wildman–Crippen MR) is 76.7 cm³/mol. The topological polar surface area (TPSA) is 105 Å². The van der Waals surface area contributed by atoms with E-state index in [2.05, 4.69) is 10.3 Å². The van der Waals surface area contributed by atoms with Crippen molar-refractivity contribution in [3.63, 3.8) is 0 Å². The lowest BCUT2D eigenvalue weighted by atomic mass is 10.1. The molecule has 1 aromatic carbocycles. The summed E-state index contributed by atoms with van der Waals surface area (Å²) in [5, 5.41) is 23.4. The Balaban J connectivity index is 2.39. The number of nitrogens with zero attached hydrogens (tertiary/aromatic N) is 2. The fourth-order valence-electron chi connectivity index (χ4n) is 1.76. The number of anilines is 1. The number of carbonyl (C=O) groups excluding carboxylic acids is 1. The molecule has 1 amide bonds. The van der Waals surface area contributed by atoms with Crippen molar-refractivity contribution in [3.8, 4) is 5.75 Å². The number of hydrogen-bond donors (Lipinski definition) is 2. The Morgan fingerprint density at radius 3 is 2.71 bits per heavy atom. The van der Waals surface area contributed by atoms with Crippen molar-refractivity contribution in [2.75, 3.05) is 5.32 Å². The summed E-state index contributed by atoms with van der Waals surface area (Å²) in [6.45, 7) is 1.61. The average molecular weight is 308 g/mol. The zero-order chi connectivity index (χ0) is 15.6. The Kier molecular flexibility index (Phi) is 4.04. The summed E-state index contributed by atoms with van der Waals surface area (Å²) < 4.78 is 0. The summed E-state index contributed by atoms with van der Waals surface area (Å²) in [5.74, 6) is -1.11. The summed E-state index contributed by atoms with van der Waals surface area (Å²) in [7, 11) is 0. The van der Waals surface area contributed by atoms with Gasteiger partial charge in [-0.2, -0.15) is 0 Å². The molecular formula is C13H10ClN3O4. The lowest BCUT2D eigenvalue weighted by Crippen LogP contribution is -2.15. The molecule has 0 aliphatic carbocycles. The molecule has 0 saturated carbocycles. The minimum Gasteiger partial charge on any atom is -0.502 e. The molecule has 0 atom stereocenters. The maximum Gasteiger partial charge on any atom is 0.323 e. The highest BCUT2D eigenvalue weighted by molar-refractivity contribution is 6.30. The number of rotatable bonds is 3. The molecule has 8 heteroatoms. The van der Waals surface area contributed by atoms with Gasteiger partial charge in [0.25, 0.3) is 5.91 Å². The number of amides is 1. The number of aryl methyl sites for hydroxylation is 1. The number of benzene rings is 1. The fourth-order valence-corrected chi connectivity index (χ4v) is 1.87. The third-order valence-corrected chi connectivity index (χ3v) is 2.85. The molecule has 21 heavy (non-hydrogen) atoms. The van der Waals surface area contributed by atoms with Crippen LogP contribution < -0.4 is 5.32 Å². The zero-order valence-corrected chi connectivity index (χ0v) is 11.6. The Hall–Kier alpha value is -2.67. The molecule has 1 aromatic heterocycles. The van der Waals surface area contributed by atoms with Crippen LogP contribution in [-0.2, 0) is 0 Å². The molecule has 2 N–H and O–H groups in total. The maximum absolute atomic E-state index is 12.1. The van der Waals surface area contributed by atoms with Crippen LogP contribution in [0, 0.1) is 17.0 Å². The number of nitro groups is 1. The van der Waals surface area contributed by atoms with Gasteiger partial charge in [0.15, 0.2) is 5.75 Å². The number of nitro benzene ring substituents is 1. The second kappa shape index (κ2) is 5.76. The minimum atomic E-state index is -0.807. The molecule has 2 aromatic rings. The number of halogens is 1. The van der Waals surface area contributed by atoms with Crippen LogP contribution in [0.25, 0.3) is 0 Å². The van der Waals surface area contributed by atoms with Crippen LogP contribution >= 0.6 is 11.6 Å². The van der Waals surface area contributed by atoms with Crippen LogP contribution in [0.1, 0.15) is 15.9 Å². The summed E-state index contributed by atoms with van der Waals surface area (Å²) in [6.07, 6.45) is 1.33. The van der Waals surface area contributed by atoms with Crippen LogP contribution in [0.15, 0.2) is 30.5 Å². The maximum atomic E-state index is 12.1. The first-order chi connectivity index (χ1) is 9.88. The number of hydrogen-bond acceptors (Lipinski definition) is 5. The van der Waals surface area contributed by atoms with Gasteiger partial charge in [-0.25, -0.2) is 4.98 Å². The van der Waals surface area contributed by atoms with Crippen molar-refractivity contribution >= 4 is 29.0 Å². The largest absolute Gasteiger partial charge is 0.502 e. The lowest BCUT2D eigenvalue weighted by Gasteiger charge is -2.07. The predicted octanol–water partition coefficient (Wildman–Crippen LogP) is 2.91. The first kappa shape index (κ1) is 14.7. The number of carbonyl (C=O) groups is 1. The molecule has 0 unspecified atom stereocenters. The highest BCUT2D eigenvalue weighted by atomic mass is 35.5. The summed E-state index contributed by atoms with van der Waals surface area (Å²) in [4.78, 5) is 26.2. The number of aromatic hydroxyl groups is 1. The van der Waals surface area contributed by atoms with E-state index in [0.717, 1.165) is 0 Å². The van der Waals surface area contributed by atoms with Crippen molar-refractivity contribution in [3.05, 3.63) is 56.7 Å². The zero-order valence-electron chi connectivity index (χ0n) is 10.8. The number of pyridine rings is 1. The van der Waals surface area contributed by atoms with Gasteiger partial charge in [-0.05, 0) is 36.8 Å². The van der Waals surface area contributed by atoms with Gasteiger partial charge in [0.1, 0.15) is 11.4 Å². The Morgan fingerprint density at radius 1 is 1.43 bits per heavy atom. The van der Waals surface area contributed by atoms with Gasteiger partial charge in [-0.15, -0.1) is 0 Å². The Morgan fingerprint density at radius 2 is 2.14 bits per heavy atom. The second-order valence-electron chi connectivity index (χ2n) is 4.25. The highest BCUT2D eigenvalue weighted by Gasteiger charge is 2.25. The van der Waals surface area contributed by atoms with Gasteiger partial charge in [-0.1, -0.05) is 11.6 Å². The molecule has 0 saturated heterocycles. The quantitative estimate of drug-likeness (QED) is 0.670. The summed E-state index contributed by atoms with van der Waals surface area (Å²) >= 11 is 5.68. The van der Waals surface area contributed by atoms with E-state index in [4.69, 9.17) is 11.6 Å². The van der Waals surface area contributed by atoms with Gasteiger partial charge in [0.05, 0.1) is 9.95 Å². The molecule has 0 aliphatic heterocycles. The Labute approximate surface area is 124 Å². The molecule has 0 bridgehead atoms. The highest BCUT2D eigenvalue weighted by Crippen LogP contribution is 2.31. The Bertz CT molecular complexity index is 716. The van der Waals surface area contributed by atoms with Crippen LogP contribution in [0.4, 0.5) is 11.5 Å². The van der Waals surface area contributed by atoms with Crippen LogP contribution in [0.5, 0.6) is 5.75 Å². The number of aromatic nitrogens is 1. The number of phenols is 1. The second-order valence-corrected chi connectivity index (χ2v) is 4.69. The van der Waals surface area contributed by atoms with Crippen molar-refractivity contribution in [1.29, 1.82) is 0 Å². The lowest BCUT2D eigenvalue weighted by molar-refractivity contribution is -0.386. The minimum absolute atomic E-state index is 0.194. The van der Waals surface area contributed by atoms with Gasteiger partial charge >= 0.3 is 5.69 Å². The van der Waals surface area contributed by atoms with E-state index in [9.17, 15) is 20.0 Å². The standard InChI is InChI=1S/C13H10ClN3O4/c1-7-4-9(12(17(20)21)10(18)5-7)13(19)16-11-3-2-8(14)6-15-11/h2-6,18H,1H3,(H,15,16,19). The molecule has 0 radical (unpaired) electrons. The van der Waals surface area contributed by atoms with Crippen LogP contribution in [0.3, 0.4) is 0 Å². The van der Waals surface area contributed by atoms with E-state index in [-0.39, 0.29) is 11.4 Å². The van der Waals surface area contributed by atoms with E-state index in [0.29, 0.717) is 10.6 Å². The first-order valence-corrected chi connectivity index (χ1v) is 6.17. The summed E-state index contributed by atoms with van der Waals surface area (Å²) in [6, 6.07) is 5.52.